The number of hydrogen-bond donors (Lipinski definition) is 1. The average Bonchev–Trinajstić information content (AvgIpc) is 2.98. The monoisotopic (exact) mass is 273 g/mol. The summed E-state index contributed by atoms with van der Waals surface area (Å²) in [6.45, 7) is 0.268. The lowest BCUT2D eigenvalue weighted by molar-refractivity contribution is -0.270. The summed E-state index contributed by atoms with van der Waals surface area (Å²) in [7, 11) is 0. The molecule has 2 unspecified atom stereocenters. The molecule has 2 rings (SSSR count). The zero-order chi connectivity index (χ0) is 13.6. The minimum Gasteiger partial charge on any atom is -0.376 e. The smallest absolute Gasteiger partial charge is 0.376 e. The molecule has 0 aromatic rings. The molecule has 1 aliphatic carbocycles. The lowest BCUT2D eigenvalue weighted by atomic mass is 10.1. The number of nitrogens with one attached hydrogen (secondary N) is 1. The van der Waals surface area contributed by atoms with Crippen LogP contribution in [0.15, 0.2) is 0 Å². The van der Waals surface area contributed by atoms with Gasteiger partial charge in [-0.2, -0.15) is 22.0 Å². The van der Waals surface area contributed by atoms with Crippen molar-refractivity contribution >= 4 is 5.91 Å². The van der Waals surface area contributed by atoms with E-state index in [0.29, 0.717) is 0 Å². The van der Waals surface area contributed by atoms with Gasteiger partial charge in [-0.1, -0.05) is 0 Å². The van der Waals surface area contributed by atoms with Crippen LogP contribution in [0.1, 0.15) is 19.3 Å². The molecule has 8 heteroatoms. The standard InChI is InChI=1S/C10H12F5NO2/c11-9(12,10(13,14)15)8(17)16-6-3-4-18-7(6)5-1-2-5/h5-7H,1-4H2,(H,16,17). The lowest BCUT2D eigenvalue weighted by Crippen LogP contribution is -2.54. The zero-order valence-electron chi connectivity index (χ0n) is 9.27. The minimum atomic E-state index is -5.87. The normalized spacial score (nSPS) is 29.4. The summed E-state index contributed by atoms with van der Waals surface area (Å²) in [5.74, 6) is -7.49. The van der Waals surface area contributed by atoms with E-state index < -0.39 is 30.2 Å². The molecule has 1 aliphatic heterocycles. The number of carbonyl (C=O) groups excluding carboxylic acids is 1. The maximum Gasteiger partial charge on any atom is 0.463 e. The SMILES string of the molecule is O=C(NC1CCOC1C1CC1)C(F)(F)C(F)(F)F. The molecule has 2 atom stereocenters. The maximum atomic E-state index is 12.7. The topological polar surface area (TPSA) is 38.3 Å². The van der Waals surface area contributed by atoms with E-state index in [0.717, 1.165) is 12.8 Å². The second-order valence-corrected chi connectivity index (χ2v) is 4.61. The van der Waals surface area contributed by atoms with Gasteiger partial charge in [0, 0.05) is 6.61 Å². The Morgan fingerprint density at radius 3 is 2.22 bits per heavy atom. The molecule has 104 valence electrons. The Bertz CT molecular complexity index is 340. The van der Waals surface area contributed by atoms with Gasteiger partial charge in [0.05, 0.1) is 12.1 Å². The Morgan fingerprint density at radius 2 is 1.72 bits per heavy atom. The van der Waals surface area contributed by atoms with E-state index in [1.54, 1.807) is 5.32 Å². The van der Waals surface area contributed by atoms with Crippen LogP contribution in [-0.4, -0.2) is 36.8 Å². The zero-order valence-corrected chi connectivity index (χ0v) is 9.27. The van der Waals surface area contributed by atoms with Gasteiger partial charge in [-0.05, 0) is 25.2 Å². The molecule has 1 amide bonds. The van der Waals surface area contributed by atoms with Crippen molar-refractivity contribution in [3.8, 4) is 0 Å². The van der Waals surface area contributed by atoms with E-state index in [1.807, 2.05) is 0 Å². The molecule has 2 fully saturated rings. The predicted octanol–water partition coefficient (Wildman–Crippen LogP) is 1.87. The summed E-state index contributed by atoms with van der Waals surface area (Å²) in [5, 5.41) is 1.76. The number of hydrogen-bond acceptors (Lipinski definition) is 2. The summed E-state index contributed by atoms with van der Waals surface area (Å²) in [6, 6.07) is -0.752. The van der Waals surface area contributed by atoms with Crippen molar-refractivity contribution in [2.75, 3.05) is 6.61 Å². The van der Waals surface area contributed by atoms with Gasteiger partial charge < -0.3 is 10.1 Å². The fourth-order valence-corrected chi connectivity index (χ4v) is 2.04. The van der Waals surface area contributed by atoms with E-state index >= 15 is 0 Å². The van der Waals surface area contributed by atoms with Gasteiger partial charge in [-0.25, -0.2) is 0 Å². The first-order valence-corrected chi connectivity index (χ1v) is 5.60. The van der Waals surface area contributed by atoms with Crippen molar-refractivity contribution in [3.05, 3.63) is 0 Å². The van der Waals surface area contributed by atoms with Crippen LogP contribution in [0.5, 0.6) is 0 Å². The van der Waals surface area contributed by atoms with E-state index in [9.17, 15) is 26.7 Å². The quantitative estimate of drug-likeness (QED) is 0.797. The van der Waals surface area contributed by atoms with Gasteiger partial charge in [0.25, 0.3) is 0 Å². The number of amides is 1. The number of alkyl halides is 5. The van der Waals surface area contributed by atoms with Crippen LogP contribution in [0.25, 0.3) is 0 Å². The summed E-state index contributed by atoms with van der Waals surface area (Å²) in [6.07, 6.45) is -4.33. The highest BCUT2D eigenvalue weighted by molar-refractivity contribution is 5.84. The van der Waals surface area contributed by atoms with Crippen LogP contribution in [-0.2, 0) is 9.53 Å². The fraction of sp³-hybridized carbons (Fsp3) is 0.900. The number of ether oxygens (including phenoxy) is 1. The third kappa shape index (κ3) is 2.43. The number of halogens is 5. The van der Waals surface area contributed by atoms with E-state index in [-0.39, 0.29) is 18.9 Å². The van der Waals surface area contributed by atoms with E-state index in [1.165, 1.54) is 0 Å². The molecule has 1 saturated carbocycles. The molecule has 1 N–H and O–H groups in total. The van der Waals surface area contributed by atoms with Crippen LogP contribution < -0.4 is 5.32 Å². The fourth-order valence-electron chi connectivity index (χ4n) is 2.04. The second-order valence-electron chi connectivity index (χ2n) is 4.61. The first kappa shape index (κ1) is 13.5. The molecule has 0 spiro atoms. The van der Waals surface area contributed by atoms with Crippen molar-refractivity contribution in [3.63, 3.8) is 0 Å². The van der Waals surface area contributed by atoms with Gasteiger partial charge in [0.2, 0.25) is 0 Å². The first-order chi connectivity index (χ1) is 8.23. The van der Waals surface area contributed by atoms with Gasteiger partial charge >= 0.3 is 18.0 Å². The van der Waals surface area contributed by atoms with Gasteiger partial charge in [0.15, 0.2) is 0 Å². The van der Waals surface area contributed by atoms with Crippen LogP contribution in [0.2, 0.25) is 0 Å². The Morgan fingerprint density at radius 1 is 1.11 bits per heavy atom. The van der Waals surface area contributed by atoms with Gasteiger partial charge in [-0.3, -0.25) is 4.79 Å². The molecular weight excluding hydrogens is 261 g/mol. The molecule has 3 nitrogen and oxygen atoms in total. The van der Waals surface area contributed by atoms with E-state index in [2.05, 4.69) is 0 Å². The van der Waals surface area contributed by atoms with Crippen molar-refractivity contribution in [1.29, 1.82) is 0 Å². The molecule has 0 aromatic carbocycles. The largest absolute Gasteiger partial charge is 0.463 e. The molecule has 0 radical (unpaired) electrons. The highest BCUT2D eigenvalue weighted by Crippen LogP contribution is 2.40. The van der Waals surface area contributed by atoms with Crippen LogP contribution in [0, 0.1) is 5.92 Å². The minimum absolute atomic E-state index is 0.164. The van der Waals surface area contributed by atoms with Crippen molar-refractivity contribution in [2.45, 2.75) is 43.5 Å². The number of rotatable bonds is 3. The molecule has 18 heavy (non-hydrogen) atoms. The summed E-state index contributed by atoms with van der Waals surface area (Å²) < 4.78 is 66.7. The Kier molecular flexibility index (Phi) is 3.25. The maximum absolute atomic E-state index is 12.7. The second kappa shape index (κ2) is 4.32. The highest BCUT2D eigenvalue weighted by atomic mass is 19.4. The van der Waals surface area contributed by atoms with E-state index in [4.69, 9.17) is 4.74 Å². The number of carbonyl (C=O) groups is 1. The lowest BCUT2D eigenvalue weighted by Gasteiger charge is -2.24. The van der Waals surface area contributed by atoms with Crippen LogP contribution >= 0.6 is 0 Å². The Balaban J connectivity index is 1.98. The average molecular weight is 273 g/mol. The molecule has 1 saturated heterocycles. The molecule has 2 aliphatic rings. The molecule has 0 aromatic heterocycles. The van der Waals surface area contributed by atoms with Crippen molar-refractivity contribution < 1.29 is 31.5 Å². The predicted molar refractivity (Wildman–Crippen MR) is 50.0 cm³/mol. The molecule has 1 heterocycles. The summed E-state index contributed by atoms with van der Waals surface area (Å²) in [4.78, 5) is 11.0. The third-order valence-corrected chi connectivity index (χ3v) is 3.18. The van der Waals surface area contributed by atoms with Gasteiger partial charge in [-0.15, -0.1) is 0 Å². The van der Waals surface area contributed by atoms with Crippen LogP contribution in [0.4, 0.5) is 22.0 Å². The summed E-state index contributed by atoms with van der Waals surface area (Å²) >= 11 is 0. The van der Waals surface area contributed by atoms with Crippen molar-refractivity contribution in [2.24, 2.45) is 5.92 Å². The molecule has 0 bridgehead atoms. The van der Waals surface area contributed by atoms with Crippen LogP contribution in [0.3, 0.4) is 0 Å². The van der Waals surface area contributed by atoms with Crippen molar-refractivity contribution in [1.82, 2.24) is 5.32 Å². The highest BCUT2D eigenvalue weighted by Gasteiger charge is 2.64. The third-order valence-electron chi connectivity index (χ3n) is 3.18. The Labute approximate surface area is 99.7 Å². The molecular formula is C10H12F5NO2. The Hall–Kier alpha value is -0.920. The van der Waals surface area contributed by atoms with Gasteiger partial charge in [0.1, 0.15) is 0 Å². The first-order valence-electron chi connectivity index (χ1n) is 5.60. The summed E-state index contributed by atoms with van der Waals surface area (Å²) in [5.41, 5.74) is 0.